The number of hydrogen-bond acceptors (Lipinski definition) is 6. The van der Waals surface area contributed by atoms with Gasteiger partial charge in [-0.25, -0.2) is 13.2 Å². The predicted octanol–water partition coefficient (Wildman–Crippen LogP) is 3.10. The quantitative estimate of drug-likeness (QED) is 0.429. The van der Waals surface area contributed by atoms with E-state index < -0.39 is 26.7 Å². The molecule has 0 bridgehead atoms. The molecule has 2 aromatic rings. The van der Waals surface area contributed by atoms with E-state index >= 15 is 0 Å². The Morgan fingerprint density at radius 2 is 1.81 bits per heavy atom. The second-order valence-electron chi connectivity index (χ2n) is 5.46. The zero-order valence-electron chi connectivity index (χ0n) is 14.0. The molecule has 1 N–H and O–H groups in total. The van der Waals surface area contributed by atoms with Gasteiger partial charge in [0, 0.05) is 17.3 Å². The van der Waals surface area contributed by atoms with Crippen molar-refractivity contribution in [1.82, 2.24) is 0 Å². The van der Waals surface area contributed by atoms with Gasteiger partial charge < -0.3 is 4.74 Å². The first kappa shape index (κ1) is 19.4. The Kier molecular flexibility index (Phi) is 6.29. The molecule has 8 nitrogen and oxygen atoms in total. The van der Waals surface area contributed by atoms with E-state index in [0.717, 1.165) is 0 Å². The highest BCUT2D eigenvalue weighted by Gasteiger charge is 2.20. The molecule has 0 heterocycles. The van der Waals surface area contributed by atoms with Crippen molar-refractivity contribution in [1.29, 1.82) is 0 Å². The van der Waals surface area contributed by atoms with Crippen LogP contribution in [0, 0.1) is 10.1 Å². The van der Waals surface area contributed by atoms with Crippen LogP contribution in [0.4, 0.5) is 11.4 Å². The van der Waals surface area contributed by atoms with Crippen LogP contribution < -0.4 is 4.72 Å². The van der Waals surface area contributed by atoms with Crippen molar-refractivity contribution >= 4 is 27.4 Å². The molecule has 0 saturated heterocycles. The monoisotopic (exact) mass is 378 g/mol. The molecular weight excluding hydrogens is 360 g/mol. The van der Waals surface area contributed by atoms with E-state index in [1.165, 1.54) is 48.5 Å². The predicted molar refractivity (Wildman–Crippen MR) is 96.4 cm³/mol. The number of benzene rings is 2. The van der Waals surface area contributed by atoms with Gasteiger partial charge in [-0.1, -0.05) is 25.1 Å². The zero-order valence-corrected chi connectivity index (χ0v) is 14.9. The number of nitrogens with one attached hydrogen (secondary N) is 1. The number of anilines is 1. The van der Waals surface area contributed by atoms with Crippen LogP contribution in [0.3, 0.4) is 0 Å². The van der Waals surface area contributed by atoms with Crippen molar-refractivity contribution < 1.29 is 22.9 Å². The fourth-order valence-corrected chi connectivity index (χ4v) is 3.40. The van der Waals surface area contributed by atoms with Crippen LogP contribution in [-0.4, -0.2) is 25.9 Å². The number of hydrogen-bond donors (Lipinski definition) is 1. The van der Waals surface area contributed by atoms with E-state index in [0.29, 0.717) is 18.6 Å². The van der Waals surface area contributed by atoms with Crippen molar-refractivity contribution in [2.75, 3.05) is 11.3 Å². The van der Waals surface area contributed by atoms with Gasteiger partial charge in [-0.2, -0.15) is 0 Å². The van der Waals surface area contributed by atoms with Gasteiger partial charge in [-0.05, 0) is 30.7 Å². The number of sulfonamides is 1. The zero-order chi connectivity index (χ0) is 19.2. The molecule has 2 aromatic carbocycles. The first-order chi connectivity index (χ1) is 12.3. The maximum absolute atomic E-state index is 12.3. The fraction of sp³-hybridized carbons (Fsp3) is 0.235. The minimum atomic E-state index is -3.86. The smallest absolute Gasteiger partial charge is 0.338 e. The summed E-state index contributed by atoms with van der Waals surface area (Å²) in [6, 6.07) is 11.4. The molecule has 0 aliphatic heterocycles. The summed E-state index contributed by atoms with van der Waals surface area (Å²) in [7, 11) is -3.86. The number of carbonyl (C=O) groups is 1. The van der Waals surface area contributed by atoms with Gasteiger partial charge in [0.1, 0.15) is 5.75 Å². The number of nitro groups is 1. The first-order valence-corrected chi connectivity index (χ1v) is 9.47. The molecule has 0 aliphatic carbocycles. The van der Waals surface area contributed by atoms with E-state index in [2.05, 4.69) is 4.72 Å². The van der Waals surface area contributed by atoms with Crippen LogP contribution in [-0.2, 0) is 20.5 Å². The number of esters is 1. The fourth-order valence-electron chi connectivity index (χ4n) is 2.18. The first-order valence-electron chi connectivity index (χ1n) is 7.82. The molecule has 9 heteroatoms. The average molecular weight is 378 g/mol. The number of para-hydroxylation sites is 1. The van der Waals surface area contributed by atoms with Crippen LogP contribution in [0.25, 0.3) is 0 Å². The standard InChI is InChI=1S/C17H18N2O6S/c1-2-11-25-17(20)13-7-9-15(10-8-13)18-26(23,24)12-14-5-3-4-6-16(14)19(21)22/h3-10,18H,2,11-12H2,1H3. The minimum absolute atomic E-state index is 0.0877. The molecule has 0 unspecified atom stereocenters. The summed E-state index contributed by atoms with van der Waals surface area (Å²) < 4.78 is 31.9. The number of nitrogens with zero attached hydrogens (tertiary/aromatic N) is 1. The molecule has 0 saturated carbocycles. The molecular formula is C17H18N2O6S. The molecule has 0 radical (unpaired) electrons. The maximum Gasteiger partial charge on any atom is 0.338 e. The largest absolute Gasteiger partial charge is 0.462 e. The molecule has 0 amide bonds. The Bertz CT molecular complexity index is 894. The third-order valence-corrected chi connectivity index (χ3v) is 4.60. The lowest BCUT2D eigenvalue weighted by Crippen LogP contribution is -2.16. The van der Waals surface area contributed by atoms with Crippen molar-refractivity contribution in [3.05, 3.63) is 69.8 Å². The van der Waals surface area contributed by atoms with Gasteiger partial charge in [-0.3, -0.25) is 14.8 Å². The highest BCUT2D eigenvalue weighted by molar-refractivity contribution is 7.91. The molecule has 0 atom stereocenters. The van der Waals surface area contributed by atoms with Crippen LogP contribution in [0.1, 0.15) is 29.3 Å². The summed E-state index contributed by atoms with van der Waals surface area (Å²) in [5, 5.41) is 11.0. The van der Waals surface area contributed by atoms with Crippen molar-refractivity contribution in [2.24, 2.45) is 0 Å². The lowest BCUT2D eigenvalue weighted by atomic mass is 10.2. The maximum atomic E-state index is 12.3. The van der Waals surface area contributed by atoms with E-state index in [1.54, 1.807) is 0 Å². The van der Waals surface area contributed by atoms with Crippen molar-refractivity contribution in [2.45, 2.75) is 19.1 Å². The van der Waals surface area contributed by atoms with Crippen molar-refractivity contribution in [3.8, 4) is 0 Å². The van der Waals surface area contributed by atoms with Crippen LogP contribution in [0.15, 0.2) is 48.5 Å². The van der Waals surface area contributed by atoms with Crippen LogP contribution in [0.5, 0.6) is 0 Å². The van der Waals surface area contributed by atoms with Crippen LogP contribution >= 0.6 is 0 Å². The third-order valence-electron chi connectivity index (χ3n) is 3.37. The number of ether oxygens (including phenoxy) is 1. The summed E-state index contributed by atoms with van der Waals surface area (Å²) in [6.45, 7) is 2.19. The van der Waals surface area contributed by atoms with Gasteiger partial charge in [0.2, 0.25) is 10.0 Å². The van der Waals surface area contributed by atoms with E-state index in [-0.39, 0.29) is 16.9 Å². The summed E-state index contributed by atoms with van der Waals surface area (Å²) in [5.41, 5.74) is 0.382. The van der Waals surface area contributed by atoms with E-state index in [9.17, 15) is 23.3 Å². The molecule has 0 aliphatic rings. The Hall–Kier alpha value is -2.94. The van der Waals surface area contributed by atoms with Crippen LogP contribution in [0.2, 0.25) is 0 Å². The average Bonchev–Trinajstić information content (AvgIpc) is 2.59. The number of rotatable bonds is 8. The Morgan fingerprint density at radius 3 is 2.42 bits per heavy atom. The summed E-state index contributed by atoms with van der Waals surface area (Å²) in [4.78, 5) is 22.1. The molecule has 0 fully saturated rings. The molecule has 0 spiro atoms. The lowest BCUT2D eigenvalue weighted by molar-refractivity contribution is -0.385. The normalized spacial score (nSPS) is 11.0. The highest BCUT2D eigenvalue weighted by atomic mass is 32.2. The van der Waals surface area contributed by atoms with Gasteiger partial charge in [0.25, 0.3) is 5.69 Å². The Morgan fingerprint density at radius 1 is 1.15 bits per heavy atom. The third kappa shape index (κ3) is 5.28. The SMILES string of the molecule is CCCOC(=O)c1ccc(NS(=O)(=O)Cc2ccccc2[N+](=O)[O-])cc1. The summed E-state index contributed by atoms with van der Waals surface area (Å²) in [6.07, 6.45) is 0.704. The Labute approximate surface area is 151 Å². The van der Waals surface area contributed by atoms with Crippen molar-refractivity contribution in [3.63, 3.8) is 0 Å². The van der Waals surface area contributed by atoms with Gasteiger partial charge in [-0.15, -0.1) is 0 Å². The van der Waals surface area contributed by atoms with E-state index in [4.69, 9.17) is 4.74 Å². The van der Waals surface area contributed by atoms with Gasteiger partial charge in [0.05, 0.1) is 17.1 Å². The number of carbonyl (C=O) groups excluding carboxylic acids is 1. The second kappa shape index (κ2) is 8.43. The molecule has 138 valence electrons. The molecule has 26 heavy (non-hydrogen) atoms. The summed E-state index contributed by atoms with van der Waals surface area (Å²) in [5.74, 6) is -1.02. The van der Waals surface area contributed by atoms with Gasteiger partial charge >= 0.3 is 5.97 Å². The molecule has 0 aromatic heterocycles. The summed E-state index contributed by atoms with van der Waals surface area (Å²) >= 11 is 0. The lowest BCUT2D eigenvalue weighted by Gasteiger charge is -2.09. The topological polar surface area (TPSA) is 116 Å². The molecule has 2 rings (SSSR count). The van der Waals surface area contributed by atoms with Gasteiger partial charge in [0.15, 0.2) is 0 Å². The minimum Gasteiger partial charge on any atom is -0.462 e. The van der Waals surface area contributed by atoms with E-state index in [1.807, 2.05) is 6.92 Å². The Balaban J connectivity index is 2.10. The highest BCUT2D eigenvalue weighted by Crippen LogP contribution is 2.21. The number of nitro benzene ring substituents is 1. The second-order valence-corrected chi connectivity index (χ2v) is 7.18.